The molecule has 0 saturated carbocycles. The van der Waals surface area contributed by atoms with Crippen LogP contribution in [-0.4, -0.2) is 31.7 Å². The maximum Gasteiger partial charge on any atom is 0.264 e. The minimum absolute atomic E-state index is 0.120. The quantitative estimate of drug-likeness (QED) is 0.714. The average molecular weight is 237 g/mol. The molecule has 1 amide bonds. The Hall–Kier alpha value is -0.750. The second kappa shape index (κ2) is 7.51. The Morgan fingerprint density at radius 2 is 2.31 bits per heavy atom. The lowest BCUT2D eigenvalue weighted by Gasteiger charge is -2.22. The molecule has 1 aliphatic rings. The molecule has 1 unspecified atom stereocenters. The van der Waals surface area contributed by atoms with Gasteiger partial charge in [0.25, 0.3) is 6.43 Å². The summed E-state index contributed by atoms with van der Waals surface area (Å²) in [4.78, 5) is 15.4. The minimum Gasteiger partial charge on any atom is -0.378 e. The lowest BCUT2D eigenvalue weighted by atomic mass is 10.0. The van der Waals surface area contributed by atoms with Crippen molar-refractivity contribution in [3.63, 3.8) is 0 Å². The van der Waals surface area contributed by atoms with Crippen molar-refractivity contribution in [2.75, 3.05) is 13.2 Å². The summed E-state index contributed by atoms with van der Waals surface area (Å²) in [5.41, 5.74) is 1.98. The maximum atomic E-state index is 11.7. The van der Waals surface area contributed by atoms with Gasteiger partial charge in [-0.05, 0) is 25.7 Å². The molecule has 16 heavy (non-hydrogen) atoms. The summed E-state index contributed by atoms with van der Waals surface area (Å²) >= 11 is 0. The predicted octanol–water partition coefficient (Wildman–Crippen LogP) is 1.65. The van der Waals surface area contributed by atoms with Gasteiger partial charge in [-0.3, -0.25) is 9.63 Å². The first-order valence-corrected chi connectivity index (χ1v) is 5.49. The van der Waals surface area contributed by atoms with Crippen LogP contribution < -0.4 is 5.48 Å². The molecule has 1 atom stereocenters. The van der Waals surface area contributed by atoms with E-state index in [9.17, 15) is 13.6 Å². The van der Waals surface area contributed by atoms with Crippen molar-refractivity contribution in [1.29, 1.82) is 0 Å². The molecule has 0 radical (unpaired) electrons. The van der Waals surface area contributed by atoms with Crippen molar-refractivity contribution in [3.8, 4) is 0 Å². The van der Waals surface area contributed by atoms with Gasteiger partial charge < -0.3 is 4.74 Å². The summed E-state index contributed by atoms with van der Waals surface area (Å²) in [6.07, 6.45) is 1.56. The van der Waals surface area contributed by atoms with Crippen LogP contribution in [0.2, 0.25) is 0 Å². The SMILES string of the molecule is O=C(CCC1CCCCO1)NOCC(F)F. The molecule has 4 nitrogen and oxygen atoms in total. The van der Waals surface area contributed by atoms with Crippen molar-refractivity contribution in [2.24, 2.45) is 0 Å². The Morgan fingerprint density at radius 1 is 1.50 bits per heavy atom. The highest BCUT2D eigenvalue weighted by molar-refractivity contribution is 5.74. The summed E-state index contributed by atoms with van der Waals surface area (Å²) in [6.45, 7) is -0.0279. The zero-order valence-corrected chi connectivity index (χ0v) is 9.09. The number of carbonyl (C=O) groups is 1. The topological polar surface area (TPSA) is 47.6 Å². The number of amides is 1. The Labute approximate surface area is 93.2 Å². The second-order valence-corrected chi connectivity index (χ2v) is 3.75. The minimum atomic E-state index is -2.57. The van der Waals surface area contributed by atoms with E-state index >= 15 is 0 Å². The highest BCUT2D eigenvalue weighted by atomic mass is 19.3. The summed E-state index contributed by atoms with van der Waals surface area (Å²) in [5.74, 6) is -0.380. The van der Waals surface area contributed by atoms with Crippen LogP contribution in [0.5, 0.6) is 0 Å². The van der Waals surface area contributed by atoms with Gasteiger partial charge in [-0.2, -0.15) is 0 Å². The van der Waals surface area contributed by atoms with E-state index in [1.165, 1.54) is 0 Å². The van der Waals surface area contributed by atoms with Gasteiger partial charge in [-0.1, -0.05) is 0 Å². The average Bonchev–Trinajstić information content (AvgIpc) is 2.27. The zero-order chi connectivity index (χ0) is 11.8. The molecular formula is C10H17F2NO3. The third-order valence-electron chi connectivity index (χ3n) is 2.36. The lowest BCUT2D eigenvalue weighted by molar-refractivity contribution is -0.137. The first-order valence-electron chi connectivity index (χ1n) is 5.49. The van der Waals surface area contributed by atoms with Gasteiger partial charge >= 0.3 is 0 Å². The van der Waals surface area contributed by atoms with Gasteiger partial charge in [0.2, 0.25) is 5.91 Å². The van der Waals surface area contributed by atoms with E-state index in [2.05, 4.69) is 4.84 Å². The van der Waals surface area contributed by atoms with E-state index in [0.717, 1.165) is 25.9 Å². The third kappa shape index (κ3) is 5.97. The second-order valence-electron chi connectivity index (χ2n) is 3.75. The fourth-order valence-electron chi connectivity index (χ4n) is 1.56. The molecule has 0 bridgehead atoms. The number of carbonyl (C=O) groups excluding carboxylic acids is 1. The zero-order valence-electron chi connectivity index (χ0n) is 9.09. The van der Waals surface area contributed by atoms with E-state index in [0.29, 0.717) is 6.42 Å². The van der Waals surface area contributed by atoms with Crippen molar-refractivity contribution < 1.29 is 23.1 Å². The molecule has 0 aliphatic carbocycles. The molecule has 94 valence electrons. The molecule has 0 aromatic heterocycles. The fraction of sp³-hybridized carbons (Fsp3) is 0.900. The van der Waals surface area contributed by atoms with Crippen LogP contribution in [-0.2, 0) is 14.4 Å². The van der Waals surface area contributed by atoms with Crippen molar-refractivity contribution in [3.05, 3.63) is 0 Å². The van der Waals surface area contributed by atoms with Crippen LogP contribution in [0.1, 0.15) is 32.1 Å². The van der Waals surface area contributed by atoms with E-state index in [1.807, 2.05) is 5.48 Å². The van der Waals surface area contributed by atoms with E-state index < -0.39 is 13.0 Å². The van der Waals surface area contributed by atoms with E-state index in [4.69, 9.17) is 4.74 Å². The number of ether oxygens (including phenoxy) is 1. The van der Waals surface area contributed by atoms with Crippen molar-refractivity contribution in [2.45, 2.75) is 44.6 Å². The Kier molecular flexibility index (Phi) is 6.25. The fourth-order valence-corrected chi connectivity index (χ4v) is 1.56. The van der Waals surface area contributed by atoms with Gasteiger partial charge in [-0.25, -0.2) is 14.3 Å². The molecular weight excluding hydrogens is 220 g/mol. The Morgan fingerprint density at radius 3 is 2.94 bits per heavy atom. The largest absolute Gasteiger partial charge is 0.378 e. The molecule has 1 saturated heterocycles. The molecule has 1 N–H and O–H groups in total. The number of hydrogen-bond donors (Lipinski definition) is 1. The normalized spacial score (nSPS) is 21.1. The number of halogens is 2. The van der Waals surface area contributed by atoms with Crippen LogP contribution in [0.3, 0.4) is 0 Å². The van der Waals surface area contributed by atoms with Gasteiger partial charge in [0.15, 0.2) is 0 Å². The monoisotopic (exact) mass is 237 g/mol. The van der Waals surface area contributed by atoms with Crippen LogP contribution in [0, 0.1) is 0 Å². The van der Waals surface area contributed by atoms with Gasteiger partial charge in [0, 0.05) is 13.0 Å². The molecule has 1 heterocycles. The third-order valence-corrected chi connectivity index (χ3v) is 2.36. The number of nitrogens with one attached hydrogen (secondary N) is 1. The Bertz CT molecular complexity index is 208. The van der Waals surface area contributed by atoms with Crippen LogP contribution in [0.4, 0.5) is 8.78 Å². The predicted molar refractivity (Wildman–Crippen MR) is 52.9 cm³/mol. The molecule has 0 aromatic rings. The molecule has 0 aromatic carbocycles. The summed E-state index contributed by atoms with van der Waals surface area (Å²) in [6, 6.07) is 0. The first kappa shape index (κ1) is 13.3. The smallest absolute Gasteiger partial charge is 0.264 e. The lowest BCUT2D eigenvalue weighted by Crippen LogP contribution is -2.28. The number of rotatable bonds is 6. The van der Waals surface area contributed by atoms with Crippen molar-refractivity contribution in [1.82, 2.24) is 5.48 Å². The molecule has 1 fully saturated rings. The first-order chi connectivity index (χ1) is 7.68. The van der Waals surface area contributed by atoms with Crippen LogP contribution in [0.15, 0.2) is 0 Å². The van der Waals surface area contributed by atoms with Crippen molar-refractivity contribution >= 4 is 5.91 Å². The standard InChI is InChI=1S/C10H17F2NO3/c11-9(12)7-16-13-10(14)5-4-8-3-1-2-6-15-8/h8-9H,1-7H2,(H,13,14). The molecule has 1 aliphatic heterocycles. The summed E-state index contributed by atoms with van der Waals surface area (Å²) in [5, 5.41) is 0. The summed E-state index contributed by atoms with van der Waals surface area (Å²) in [7, 11) is 0. The Balaban J connectivity index is 2.00. The maximum absolute atomic E-state index is 11.7. The molecule has 1 rings (SSSR count). The molecule has 0 spiro atoms. The number of hydrogen-bond acceptors (Lipinski definition) is 3. The van der Waals surface area contributed by atoms with E-state index in [1.54, 1.807) is 0 Å². The van der Waals surface area contributed by atoms with Gasteiger partial charge in [-0.15, -0.1) is 0 Å². The molecule has 6 heteroatoms. The number of alkyl halides is 2. The number of hydroxylamine groups is 1. The van der Waals surface area contributed by atoms with E-state index in [-0.39, 0.29) is 18.4 Å². The highest BCUT2D eigenvalue weighted by Gasteiger charge is 2.15. The van der Waals surface area contributed by atoms with Gasteiger partial charge in [0.1, 0.15) is 6.61 Å². The van der Waals surface area contributed by atoms with Crippen LogP contribution in [0.25, 0.3) is 0 Å². The highest BCUT2D eigenvalue weighted by Crippen LogP contribution is 2.16. The van der Waals surface area contributed by atoms with Gasteiger partial charge in [0.05, 0.1) is 6.10 Å². The summed E-state index contributed by atoms with van der Waals surface area (Å²) < 4.78 is 28.8. The van der Waals surface area contributed by atoms with Crippen LogP contribution >= 0.6 is 0 Å².